The second kappa shape index (κ2) is 7.37. The van der Waals surface area contributed by atoms with Crippen molar-refractivity contribution in [2.45, 2.75) is 12.8 Å². The number of rotatable bonds is 4. The van der Waals surface area contributed by atoms with E-state index < -0.39 is 10.0 Å². The van der Waals surface area contributed by atoms with Gasteiger partial charge in [0.1, 0.15) is 0 Å². The van der Waals surface area contributed by atoms with Gasteiger partial charge in [0.2, 0.25) is 15.9 Å². The van der Waals surface area contributed by atoms with Gasteiger partial charge in [0.15, 0.2) is 0 Å². The van der Waals surface area contributed by atoms with E-state index in [-0.39, 0.29) is 12.3 Å². The van der Waals surface area contributed by atoms with Crippen molar-refractivity contribution in [1.82, 2.24) is 19.0 Å². The number of nitrogens with zero attached hydrogens (tertiary/aromatic N) is 4. The molecule has 7 nitrogen and oxygen atoms in total. The minimum Gasteiger partial charge on any atom is -0.341 e. The highest BCUT2D eigenvalue weighted by atomic mass is 32.2. The Bertz CT molecular complexity index is 833. The molecule has 1 aliphatic rings. The molecule has 1 saturated heterocycles. The molecule has 134 valence electrons. The summed E-state index contributed by atoms with van der Waals surface area (Å²) in [6.07, 6.45) is 5.69. The fourth-order valence-corrected chi connectivity index (χ4v) is 3.81. The van der Waals surface area contributed by atoms with Crippen molar-refractivity contribution >= 4 is 15.9 Å². The van der Waals surface area contributed by atoms with E-state index in [0.29, 0.717) is 32.6 Å². The molecule has 0 radical (unpaired) electrons. The summed E-state index contributed by atoms with van der Waals surface area (Å²) < 4.78 is 26.5. The smallest absolute Gasteiger partial charge is 0.227 e. The Hall–Kier alpha value is -2.19. The molecule has 1 aromatic heterocycles. The van der Waals surface area contributed by atoms with E-state index in [4.69, 9.17) is 0 Å². The summed E-state index contributed by atoms with van der Waals surface area (Å²) in [7, 11) is -3.20. The zero-order chi connectivity index (χ0) is 17.9. The molecule has 8 heteroatoms. The van der Waals surface area contributed by atoms with Crippen LogP contribution in [0.15, 0.2) is 42.7 Å². The van der Waals surface area contributed by atoms with Crippen LogP contribution in [0.5, 0.6) is 0 Å². The van der Waals surface area contributed by atoms with Crippen LogP contribution < -0.4 is 0 Å². The van der Waals surface area contributed by atoms with Gasteiger partial charge in [-0.15, -0.1) is 0 Å². The monoisotopic (exact) mass is 362 g/mol. The lowest BCUT2D eigenvalue weighted by molar-refractivity contribution is -0.130. The quantitative estimate of drug-likeness (QED) is 0.810. The van der Waals surface area contributed by atoms with Crippen molar-refractivity contribution in [1.29, 1.82) is 0 Å². The molecular weight excluding hydrogens is 340 g/mol. The number of aromatic nitrogens is 2. The number of amides is 1. The molecule has 2 aromatic rings. The second-order valence-corrected chi connectivity index (χ2v) is 8.18. The topological polar surface area (TPSA) is 75.5 Å². The molecule has 2 heterocycles. The first-order valence-electron chi connectivity index (χ1n) is 8.25. The zero-order valence-electron chi connectivity index (χ0n) is 14.2. The Morgan fingerprint density at radius 1 is 1.12 bits per heavy atom. The van der Waals surface area contributed by atoms with Crippen molar-refractivity contribution in [2.75, 3.05) is 32.4 Å². The lowest BCUT2D eigenvalue weighted by Gasteiger charge is -2.20. The summed E-state index contributed by atoms with van der Waals surface area (Å²) in [5, 5.41) is 4.31. The number of hydrogen-bond donors (Lipinski definition) is 0. The predicted octanol–water partition coefficient (Wildman–Crippen LogP) is 0.909. The van der Waals surface area contributed by atoms with Crippen molar-refractivity contribution in [3.63, 3.8) is 0 Å². The number of carbonyl (C=O) groups is 1. The summed E-state index contributed by atoms with van der Waals surface area (Å²) in [6.45, 7) is 1.83. The van der Waals surface area contributed by atoms with Crippen LogP contribution in [-0.2, 0) is 21.2 Å². The van der Waals surface area contributed by atoms with E-state index in [9.17, 15) is 13.2 Å². The molecule has 1 fully saturated rings. The number of benzene rings is 1. The molecule has 25 heavy (non-hydrogen) atoms. The SMILES string of the molecule is CS(=O)(=O)N1CCCN(C(=O)Cc2cnn(-c3ccccc3)c2)CC1. The summed E-state index contributed by atoms with van der Waals surface area (Å²) in [4.78, 5) is 14.3. The minimum atomic E-state index is -3.20. The molecule has 1 aromatic carbocycles. The Morgan fingerprint density at radius 2 is 1.88 bits per heavy atom. The Balaban J connectivity index is 1.62. The zero-order valence-corrected chi connectivity index (χ0v) is 15.0. The molecule has 0 aliphatic carbocycles. The summed E-state index contributed by atoms with van der Waals surface area (Å²) in [6, 6.07) is 9.72. The van der Waals surface area contributed by atoms with E-state index in [1.165, 1.54) is 10.6 Å². The van der Waals surface area contributed by atoms with Gasteiger partial charge in [-0.2, -0.15) is 5.10 Å². The van der Waals surface area contributed by atoms with Crippen molar-refractivity contribution < 1.29 is 13.2 Å². The molecule has 0 spiro atoms. The fourth-order valence-electron chi connectivity index (χ4n) is 2.93. The van der Waals surface area contributed by atoms with Gasteiger partial charge in [0, 0.05) is 32.4 Å². The maximum absolute atomic E-state index is 12.5. The first kappa shape index (κ1) is 17.6. The van der Waals surface area contributed by atoms with E-state index in [2.05, 4.69) is 5.10 Å². The van der Waals surface area contributed by atoms with Gasteiger partial charge in [0.25, 0.3) is 0 Å². The van der Waals surface area contributed by atoms with Gasteiger partial charge < -0.3 is 4.90 Å². The second-order valence-electron chi connectivity index (χ2n) is 6.20. The number of hydrogen-bond acceptors (Lipinski definition) is 4. The van der Waals surface area contributed by atoms with E-state index >= 15 is 0 Å². The number of sulfonamides is 1. The van der Waals surface area contributed by atoms with Gasteiger partial charge in [-0.25, -0.2) is 17.4 Å². The molecular formula is C17H22N4O3S. The van der Waals surface area contributed by atoms with E-state index in [1.807, 2.05) is 36.5 Å². The maximum atomic E-state index is 12.5. The third-order valence-electron chi connectivity index (χ3n) is 4.29. The Labute approximate surface area is 147 Å². The normalized spacial score (nSPS) is 16.6. The van der Waals surface area contributed by atoms with Crippen LogP contribution in [-0.4, -0.2) is 65.7 Å². The van der Waals surface area contributed by atoms with E-state index in [1.54, 1.807) is 15.8 Å². The summed E-state index contributed by atoms with van der Waals surface area (Å²) in [5.74, 6) is 0.00274. The van der Waals surface area contributed by atoms with Crippen molar-refractivity contribution in [3.05, 3.63) is 48.3 Å². The van der Waals surface area contributed by atoms with Crippen LogP contribution in [0.25, 0.3) is 5.69 Å². The average molecular weight is 362 g/mol. The summed E-state index contributed by atoms with van der Waals surface area (Å²) >= 11 is 0. The van der Waals surface area contributed by atoms with Crippen LogP contribution in [0.4, 0.5) is 0 Å². The highest BCUT2D eigenvalue weighted by Gasteiger charge is 2.24. The Morgan fingerprint density at radius 3 is 2.60 bits per heavy atom. The minimum absolute atomic E-state index is 0.00274. The molecule has 0 N–H and O–H groups in total. The largest absolute Gasteiger partial charge is 0.341 e. The van der Waals surface area contributed by atoms with Gasteiger partial charge >= 0.3 is 0 Å². The van der Waals surface area contributed by atoms with Crippen LogP contribution >= 0.6 is 0 Å². The molecule has 0 unspecified atom stereocenters. The predicted molar refractivity (Wildman–Crippen MR) is 94.9 cm³/mol. The highest BCUT2D eigenvalue weighted by molar-refractivity contribution is 7.88. The average Bonchev–Trinajstić information content (AvgIpc) is 2.89. The first-order chi connectivity index (χ1) is 11.9. The van der Waals surface area contributed by atoms with E-state index in [0.717, 1.165) is 11.3 Å². The van der Waals surface area contributed by atoms with Crippen LogP contribution in [0, 0.1) is 0 Å². The molecule has 0 saturated carbocycles. The van der Waals surface area contributed by atoms with Crippen LogP contribution in [0.2, 0.25) is 0 Å². The summed E-state index contributed by atoms with van der Waals surface area (Å²) in [5.41, 5.74) is 1.79. The standard InChI is InChI=1S/C17H22N4O3S/c1-25(23,24)20-9-5-8-19(10-11-20)17(22)12-15-13-18-21(14-15)16-6-3-2-4-7-16/h2-4,6-7,13-14H,5,8-12H2,1H3. The van der Waals surface area contributed by atoms with Crippen LogP contribution in [0.3, 0.4) is 0 Å². The third kappa shape index (κ3) is 4.46. The van der Waals surface area contributed by atoms with Gasteiger partial charge in [-0.3, -0.25) is 4.79 Å². The van der Waals surface area contributed by atoms with Crippen molar-refractivity contribution in [3.8, 4) is 5.69 Å². The molecule has 3 rings (SSSR count). The number of carbonyl (C=O) groups excluding carboxylic acids is 1. The lowest BCUT2D eigenvalue weighted by Crippen LogP contribution is -2.37. The molecule has 0 atom stereocenters. The fraction of sp³-hybridized carbons (Fsp3) is 0.412. The lowest BCUT2D eigenvalue weighted by atomic mass is 10.2. The molecule has 0 bridgehead atoms. The van der Waals surface area contributed by atoms with Gasteiger partial charge in [0.05, 0.1) is 24.6 Å². The Kier molecular flexibility index (Phi) is 5.19. The molecule has 1 amide bonds. The highest BCUT2D eigenvalue weighted by Crippen LogP contribution is 2.11. The number of para-hydroxylation sites is 1. The maximum Gasteiger partial charge on any atom is 0.227 e. The molecule has 1 aliphatic heterocycles. The van der Waals surface area contributed by atoms with Crippen LogP contribution in [0.1, 0.15) is 12.0 Å². The van der Waals surface area contributed by atoms with Gasteiger partial charge in [-0.1, -0.05) is 18.2 Å². The van der Waals surface area contributed by atoms with Gasteiger partial charge in [-0.05, 0) is 24.1 Å². The van der Waals surface area contributed by atoms with Crippen molar-refractivity contribution in [2.24, 2.45) is 0 Å². The first-order valence-corrected chi connectivity index (χ1v) is 10.1. The third-order valence-corrected chi connectivity index (χ3v) is 5.59.